The van der Waals surface area contributed by atoms with Gasteiger partial charge in [-0.3, -0.25) is 0 Å². The molecule has 7 heteroatoms. The molecular weight excluding hydrogens is 262 g/mol. The minimum absolute atomic E-state index is 0.118. The molecule has 17 heavy (non-hydrogen) atoms. The molecule has 0 aliphatic carbocycles. The lowest BCUT2D eigenvalue weighted by Crippen LogP contribution is -2.00. The second-order valence-corrected chi connectivity index (χ2v) is 4.32. The topological polar surface area (TPSA) is 76.0 Å². The fourth-order valence-corrected chi connectivity index (χ4v) is 2.14. The Hall–Kier alpha value is -1.66. The van der Waals surface area contributed by atoms with E-state index in [2.05, 4.69) is 15.0 Å². The first-order valence-corrected chi connectivity index (χ1v) is 5.69. The van der Waals surface area contributed by atoms with E-state index < -0.39 is 5.97 Å². The van der Waals surface area contributed by atoms with Gasteiger partial charge >= 0.3 is 5.97 Å². The average Bonchev–Trinajstić information content (AvgIpc) is 2.32. The molecule has 2 aromatic rings. The van der Waals surface area contributed by atoms with Crippen LogP contribution in [0.25, 0.3) is 0 Å². The van der Waals surface area contributed by atoms with Crippen LogP contribution in [0.3, 0.4) is 0 Å². The molecule has 2 heterocycles. The number of hydrogen-bond donors (Lipinski definition) is 1. The molecule has 0 spiro atoms. The summed E-state index contributed by atoms with van der Waals surface area (Å²) < 4.78 is 0. The van der Waals surface area contributed by atoms with Gasteiger partial charge in [0.25, 0.3) is 0 Å². The molecule has 0 aliphatic heterocycles. The third-order valence-corrected chi connectivity index (χ3v) is 3.25. The minimum Gasteiger partial charge on any atom is -0.478 e. The SMILES string of the molecule is O=C(O)c1cccnc1Sc1ncncc1Cl. The van der Waals surface area contributed by atoms with E-state index in [1.165, 1.54) is 24.8 Å². The highest BCUT2D eigenvalue weighted by Gasteiger charge is 2.13. The van der Waals surface area contributed by atoms with E-state index in [9.17, 15) is 4.79 Å². The van der Waals surface area contributed by atoms with Crippen LogP contribution < -0.4 is 0 Å². The molecule has 0 aliphatic rings. The van der Waals surface area contributed by atoms with Gasteiger partial charge in [0.1, 0.15) is 16.4 Å². The Balaban J connectivity index is 2.37. The summed E-state index contributed by atoms with van der Waals surface area (Å²) in [7, 11) is 0. The van der Waals surface area contributed by atoms with Crippen LogP contribution in [-0.2, 0) is 0 Å². The summed E-state index contributed by atoms with van der Waals surface area (Å²) >= 11 is 6.98. The van der Waals surface area contributed by atoms with Crippen LogP contribution in [0.5, 0.6) is 0 Å². The van der Waals surface area contributed by atoms with Gasteiger partial charge in [0.2, 0.25) is 0 Å². The van der Waals surface area contributed by atoms with Crippen molar-refractivity contribution in [2.24, 2.45) is 0 Å². The maximum absolute atomic E-state index is 11.0. The highest BCUT2D eigenvalue weighted by Crippen LogP contribution is 2.31. The summed E-state index contributed by atoms with van der Waals surface area (Å²) in [4.78, 5) is 22.7. The lowest BCUT2D eigenvalue weighted by Gasteiger charge is -2.04. The summed E-state index contributed by atoms with van der Waals surface area (Å²) in [5.41, 5.74) is 0.118. The van der Waals surface area contributed by atoms with E-state index in [1.807, 2.05) is 0 Å². The van der Waals surface area contributed by atoms with E-state index >= 15 is 0 Å². The molecule has 0 fully saturated rings. The molecule has 86 valence electrons. The second-order valence-electron chi connectivity index (χ2n) is 2.94. The van der Waals surface area contributed by atoms with Crippen molar-refractivity contribution in [2.75, 3.05) is 0 Å². The summed E-state index contributed by atoms with van der Waals surface area (Å²) in [5.74, 6) is -1.04. The van der Waals surface area contributed by atoms with Crippen LogP contribution in [0.4, 0.5) is 0 Å². The molecule has 0 saturated heterocycles. The highest BCUT2D eigenvalue weighted by molar-refractivity contribution is 7.99. The molecule has 0 saturated carbocycles. The van der Waals surface area contributed by atoms with Gasteiger partial charge in [-0.1, -0.05) is 11.6 Å². The van der Waals surface area contributed by atoms with Gasteiger partial charge in [-0.2, -0.15) is 0 Å². The van der Waals surface area contributed by atoms with Gasteiger partial charge in [-0.05, 0) is 23.9 Å². The molecule has 2 aromatic heterocycles. The molecule has 5 nitrogen and oxygen atoms in total. The predicted octanol–water partition coefficient (Wildman–Crippen LogP) is 2.37. The Kier molecular flexibility index (Phi) is 3.55. The van der Waals surface area contributed by atoms with Gasteiger partial charge in [0.15, 0.2) is 0 Å². The van der Waals surface area contributed by atoms with Crippen molar-refractivity contribution in [3.63, 3.8) is 0 Å². The predicted molar refractivity (Wildman–Crippen MR) is 62.4 cm³/mol. The van der Waals surface area contributed by atoms with E-state index in [0.29, 0.717) is 15.1 Å². The number of rotatable bonds is 3. The van der Waals surface area contributed by atoms with Crippen LogP contribution in [0, 0.1) is 0 Å². The zero-order chi connectivity index (χ0) is 12.3. The Labute approximate surface area is 106 Å². The van der Waals surface area contributed by atoms with Gasteiger partial charge in [-0.15, -0.1) is 0 Å². The normalized spacial score (nSPS) is 10.2. The number of nitrogens with zero attached hydrogens (tertiary/aromatic N) is 3. The molecule has 0 unspecified atom stereocenters. The fourth-order valence-electron chi connectivity index (χ4n) is 1.10. The molecule has 1 N–H and O–H groups in total. The third-order valence-electron chi connectivity index (χ3n) is 1.83. The summed E-state index contributed by atoms with van der Waals surface area (Å²) in [6, 6.07) is 3.04. The van der Waals surface area contributed by atoms with Crippen LogP contribution >= 0.6 is 23.4 Å². The zero-order valence-corrected chi connectivity index (χ0v) is 9.94. The number of aromatic nitrogens is 3. The standard InChI is InChI=1S/C10H6ClN3O2S/c11-7-4-12-5-14-9(7)17-8-6(10(15)16)2-1-3-13-8/h1-5H,(H,15,16). The number of pyridine rings is 1. The van der Waals surface area contributed by atoms with Gasteiger partial charge in [0.05, 0.1) is 16.8 Å². The number of hydrogen-bond acceptors (Lipinski definition) is 5. The fraction of sp³-hybridized carbons (Fsp3) is 0. The van der Waals surface area contributed by atoms with E-state index in [-0.39, 0.29) is 5.56 Å². The second kappa shape index (κ2) is 5.11. The Morgan fingerprint density at radius 2 is 2.18 bits per heavy atom. The number of carboxylic acid groups (broad SMARTS) is 1. The number of aromatic carboxylic acids is 1. The molecule has 0 atom stereocenters. The molecular formula is C10H6ClN3O2S. The van der Waals surface area contributed by atoms with Crippen molar-refractivity contribution < 1.29 is 9.90 Å². The van der Waals surface area contributed by atoms with Gasteiger partial charge < -0.3 is 5.11 Å². The van der Waals surface area contributed by atoms with Crippen molar-refractivity contribution >= 4 is 29.3 Å². The van der Waals surface area contributed by atoms with E-state index in [1.54, 1.807) is 6.07 Å². The van der Waals surface area contributed by atoms with Crippen molar-refractivity contribution in [1.82, 2.24) is 15.0 Å². The smallest absolute Gasteiger partial charge is 0.338 e. The summed E-state index contributed by atoms with van der Waals surface area (Å²) in [6.45, 7) is 0. The average molecular weight is 268 g/mol. The monoisotopic (exact) mass is 267 g/mol. The van der Waals surface area contributed by atoms with E-state index in [0.717, 1.165) is 11.8 Å². The summed E-state index contributed by atoms with van der Waals surface area (Å²) in [6.07, 6.45) is 4.31. The number of halogens is 1. The highest BCUT2D eigenvalue weighted by atomic mass is 35.5. The Morgan fingerprint density at radius 1 is 1.35 bits per heavy atom. The first-order valence-electron chi connectivity index (χ1n) is 4.50. The maximum Gasteiger partial charge on any atom is 0.338 e. The van der Waals surface area contributed by atoms with Crippen LogP contribution in [-0.4, -0.2) is 26.0 Å². The third kappa shape index (κ3) is 2.72. The van der Waals surface area contributed by atoms with Gasteiger partial charge in [-0.25, -0.2) is 19.7 Å². The summed E-state index contributed by atoms with van der Waals surface area (Å²) in [5, 5.41) is 10.2. The first kappa shape index (κ1) is 11.8. The Morgan fingerprint density at radius 3 is 2.88 bits per heavy atom. The van der Waals surface area contributed by atoms with Gasteiger partial charge in [0, 0.05) is 6.20 Å². The molecule has 0 amide bonds. The van der Waals surface area contributed by atoms with Crippen LogP contribution in [0.15, 0.2) is 40.9 Å². The Bertz CT molecular complexity index is 565. The van der Waals surface area contributed by atoms with Crippen LogP contribution in [0.2, 0.25) is 5.02 Å². The maximum atomic E-state index is 11.0. The van der Waals surface area contributed by atoms with Crippen molar-refractivity contribution in [3.8, 4) is 0 Å². The minimum atomic E-state index is -1.04. The largest absolute Gasteiger partial charge is 0.478 e. The van der Waals surface area contributed by atoms with Crippen LogP contribution in [0.1, 0.15) is 10.4 Å². The van der Waals surface area contributed by atoms with Crippen molar-refractivity contribution in [2.45, 2.75) is 10.1 Å². The molecule has 2 rings (SSSR count). The lowest BCUT2D eigenvalue weighted by atomic mass is 10.3. The first-order chi connectivity index (χ1) is 8.18. The number of carboxylic acids is 1. The molecule has 0 radical (unpaired) electrons. The number of carbonyl (C=O) groups is 1. The van der Waals surface area contributed by atoms with Crippen molar-refractivity contribution in [3.05, 3.63) is 41.4 Å². The van der Waals surface area contributed by atoms with E-state index in [4.69, 9.17) is 16.7 Å². The molecule has 0 bridgehead atoms. The lowest BCUT2D eigenvalue weighted by molar-refractivity contribution is 0.0692. The van der Waals surface area contributed by atoms with Crippen molar-refractivity contribution in [1.29, 1.82) is 0 Å². The zero-order valence-electron chi connectivity index (χ0n) is 8.37. The molecule has 0 aromatic carbocycles. The quantitative estimate of drug-likeness (QED) is 0.861.